The fourth-order valence-corrected chi connectivity index (χ4v) is 1.56. The van der Waals surface area contributed by atoms with Gasteiger partial charge in [-0.25, -0.2) is 0 Å². The molecule has 0 spiro atoms. The molecule has 13 heavy (non-hydrogen) atoms. The van der Waals surface area contributed by atoms with Crippen molar-refractivity contribution in [3.8, 4) is 10.8 Å². The first kappa shape index (κ1) is 10.6. The standard InChI is InChI=1S/C9H13BrN2O/c1-2-11-5-7-12(8-6-11)9(13)3-4-10/h2,5-8H2,1H3. The minimum Gasteiger partial charge on any atom is -0.329 e. The Kier molecular flexibility index (Phi) is 4.26. The Labute approximate surface area is 87.2 Å². The largest absolute Gasteiger partial charge is 0.329 e. The van der Waals surface area contributed by atoms with Crippen LogP contribution in [0.5, 0.6) is 0 Å². The van der Waals surface area contributed by atoms with E-state index in [-0.39, 0.29) is 5.91 Å². The fraction of sp³-hybridized carbons (Fsp3) is 0.667. The SMILES string of the molecule is CCN1CCN(C(=O)C#CBr)CC1. The van der Waals surface area contributed by atoms with Crippen molar-refractivity contribution in [3.63, 3.8) is 0 Å². The van der Waals surface area contributed by atoms with Gasteiger partial charge in [0.2, 0.25) is 0 Å². The molecule has 1 aliphatic heterocycles. The summed E-state index contributed by atoms with van der Waals surface area (Å²) < 4.78 is 0. The van der Waals surface area contributed by atoms with E-state index in [1.54, 1.807) is 4.90 Å². The number of hydrogen-bond donors (Lipinski definition) is 0. The van der Waals surface area contributed by atoms with Crippen LogP contribution in [0.15, 0.2) is 0 Å². The second-order valence-corrected chi connectivity index (χ2v) is 3.34. The minimum absolute atomic E-state index is 0.0763. The Balaban J connectivity index is 2.39. The number of piperazine rings is 1. The quantitative estimate of drug-likeness (QED) is 0.628. The number of rotatable bonds is 1. The Morgan fingerprint density at radius 3 is 2.46 bits per heavy atom. The van der Waals surface area contributed by atoms with Crippen molar-refractivity contribution in [3.05, 3.63) is 0 Å². The van der Waals surface area contributed by atoms with Crippen molar-refractivity contribution in [1.82, 2.24) is 9.80 Å². The zero-order chi connectivity index (χ0) is 9.68. The van der Waals surface area contributed by atoms with Crippen LogP contribution >= 0.6 is 15.9 Å². The number of carbonyl (C=O) groups is 1. The molecule has 0 aromatic carbocycles. The third kappa shape index (κ3) is 3.02. The Morgan fingerprint density at radius 2 is 2.00 bits per heavy atom. The highest BCUT2D eigenvalue weighted by atomic mass is 79.9. The van der Waals surface area contributed by atoms with E-state index in [0.717, 1.165) is 32.7 Å². The van der Waals surface area contributed by atoms with Gasteiger partial charge in [0.15, 0.2) is 0 Å². The predicted molar refractivity (Wildman–Crippen MR) is 55.4 cm³/mol. The molecule has 4 heteroatoms. The van der Waals surface area contributed by atoms with E-state index in [9.17, 15) is 4.79 Å². The molecule has 1 amide bonds. The van der Waals surface area contributed by atoms with E-state index in [1.807, 2.05) is 0 Å². The molecule has 0 aromatic heterocycles. The van der Waals surface area contributed by atoms with Crippen LogP contribution in [-0.2, 0) is 4.79 Å². The maximum Gasteiger partial charge on any atom is 0.299 e. The first-order valence-electron chi connectivity index (χ1n) is 4.40. The summed E-state index contributed by atoms with van der Waals surface area (Å²) in [6.07, 6.45) is 0. The summed E-state index contributed by atoms with van der Waals surface area (Å²) in [6, 6.07) is 0. The number of carbonyl (C=O) groups excluding carboxylic acids is 1. The molecule has 1 heterocycles. The van der Waals surface area contributed by atoms with Crippen molar-refractivity contribution < 1.29 is 4.79 Å². The van der Waals surface area contributed by atoms with Crippen LogP contribution in [0.4, 0.5) is 0 Å². The van der Waals surface area contributed by atoms with Crippen LogP contribution in [-0.4, -0.2) is 48.4 Å². The minimum atomic E-state index is -0.0763. The summed E-state index contributed by atoms with van der Waals surface area (Å²) in [7, 11) is 0. The van der Waals surface area contributed by atoms with Gasteiger partial charge in [-0.15, -0.1) is 0 Å². The predicted octanol–water partition coefficient (Wildman–Crippen LogP) is 0.506. The van der Waals surface area contributed by atoms with Gasteiger partial charge in [0.1, 0.15) is 0 Å². The van der Waals surface area contributed by atoms with Crippen molar-refractivity contribution >= 4 is 21.8 Å². The molecule has 0 radical (unpaired) electrons. The molecule has 0 saturated carbocycles. The molecule has 1 fully saturated rings. The summed E-state index contributed by atoms with van der Waals surface area (Å²) in [5.41, 5.74) is 0. The van der Waals surface area contributed by atoms with Crippen LogP contribution in [0, 0.1) is 10.8 Å². The third-order valence-electron chi connectivity index (χ3n) is 2.26. The van der Waals surface area contributed by atoms with Gasteiger partial charge in [0.05, 0.1) is 0 Å². The Morgan fingerprint density at radius 1 is 1.38 bits per heavy atom. The summed E-state index contributed by atoms with van der Waals surface area (Å²) in [5, 5.41) is 0. The smallest absolute Gasteiger partial charge is 0.299 e. The average Bonchev–Trinajstić information content (AvgIpc) is 2.18. The lowest BCUT2D eigenvalue weighted by atomic mass is 10.3. The molecule has 1 aliphatic rings. The van der Waals surface area contributed by atoms with Crippen LogP contribution in [0.1, 0.15) is 6.92 Å². The lowest BCUT2D eigenvalue weighted by Gasteiger charge is -2.32. The summed E-state index contributed by atoms with van der Waals surface area (Å²) >= 11 is 2.92. The van der Waals surface area contributed by atoms with Gasteiger partial charge >= 0.3 is 0 Å². The van der Waals surface area contributed by atoms with Gasteiger partial charge in [0, 0.05) is 48.0 Å². The van der Waals surface area contributed by atoms with Crippen LogP contribution in [0.3, 0.4) is 0 Å². The van der Waals surface area contributed by atoms with E-state index in [0.29, 0.717) is 0 Å². The van der Waals surface area contributed by atoms with E-state index in [2.05, 4.69) is 38.5 Å². The molecule has 1 rings (SSSR count). The van der Waals surface area contributed by atoms with Gasteiger partial charge < -0.3 is 9.80 Å². The monoisotopic (exact) mass is 244 g/mol. The van der Waals surface area contributed by atoms with Crippen molar-refractivity contribution in [2.45, 2.75) is 6.92 Å². The van der Waals surface area contributed by atoms with E-state index < -0.39 is 0 Å². The van der Waals surface area contributed by atoms with Gasteiger partial charge in [-0.2, -0.15) is 0 Å². The molecule has 0 bridgehead atoms. The molecule has 0 aliphatic carbocycles. The van der Waals surface area contributed by atoms with Gasteiger partial charge in [-0.3, -0.25) is 4.79 Å². The molecule has 0 atom stereocenters. The summed E-state index contributed by atoms with van der Waals surface area (Å²) in [5.74, 6) is 2.41. The van der Waals surface area contributed by atoms with Crippen LogP contribution in [0.2, 0.25) is 0 Å². The molecular weight excluding hydrogens is 232 g/mol. The molecule has 72 valence electrons. The topological polar surface area (TPSA) is 23.6 Å². The third-order valence-corrected chi connectivity index (χ3v) is 2.46. The number of amides is 1. The van der Waals surface area contributed by atoms with Gasteiger partial charge in [0.25, 0.3) is 5.91 Å². The molecular formula is C9H13BrN2O. The first-order chi connectivity index (χ1) is 6.27. The van der Waals surface area contributed by atoms with Crippen LogP contribution < -0.4 is 0 Å². The van der Waals surface area contributed by atoms with E-state index >= 15 is 0 Å². The summed E-state index contributed by atoms with van der Waals surface area (Å²) in [4.78, 5) is 17.9. The number of likely N-dealkylation sites (N-methyl/N-ethyl adjacent to an activating group) is 1. The Bertz CT molecular complexity index is 236. The van der Waals surface area contributed by atoms with E-state index in [1.165, 1.54) is 0 Å². The number of halogens is 1. The summed E-state index contributed by atoms with van der Waals surface area (Å²) in [6.45, 7) is 6.73. The molecule has 3 nitrogen and oxygen atoms in total. The normalized spacial score (nSPS) is 17.8. The average molecular weight is 245 g/mol. The second-order valence-electron chi connectivity index (χ2n) is 2.95. The number of nitrogens with zero attached hydrogens (tertiary/aromatic N) is 2. The fourth-order valence-electron chi connectivity index (χ4n) is 1.39. The van der Waals surface area contributed by atoms with Crippen molar-refractivity contribution in [1.29, 1.82) is 0 Å². The molecule has 0 N–H and O–H groups in total. The lowest BCUT2D eigenvalue weighted by molar-refractivity contribution is -0.126. The maximum absolute atomic E-state index is 11.3. The maximum atomic E-state index is 11.3. The first-order valence-corrected chi connectivity index (χ1v) is 5.20. The van der Waals surface area contributed by atoms with Gasteiger partial charge in [-0.05, 0) is 11.4 Å². The van der Waals surface area contributed by atoms with Crippen LogP contribution in [0.25, 0.3) is 0 Å². The zero-order valence-electron chi connectivity index (χ0n) is 7.72. The molecule has 0 unspecified atom stereocenters. The second kappa shape index (κ2) is 5.25. The number of hydrogen-bond acceptors (Lipinski definition) is 2. The van der Waals surface area contributed by atoms with Crippen molar-refractivity contribution in [2.24, 2.45) is 0 Å². The zero-order valence-corrected chi connectivity index (χ0v) is 9.30. The van der Waals surface area contributed by atoms with Crippen molar-refractivity contribution in [2.75, 3.05) is 32.7 Å². The molecule has 0 aromatic rings. The Hall–Kier alpha value is -0.530. The van der Waals surface area contributed by atoms with Gasteiger partial charge in [-0.1, -0.05) is 6.92 Å². The molecule has 1 saturated heterocycles. The van der Waals surface area contributed by atoms with E-state index in [4.69, 9.17) is 0 Å². The highest BCUT2D eigenvalue weighted by Gasteiger charge is 2.18. The lowest BCUT2D eigenvalue weighted by Crippen LogP contribution is -2.48. The highest BCUT2D eigenvalue weighted by molar-refractivity contribution is 9.12. The highest BCUT2D eigenvalue weighted by Crippen LogP contribution is 2.00.